The highest BCUT2D eigenvalue weighted by Crippen LogP contribution is 2.17. The Morgan fingerprint density at radius 3 is 2.65 bits per heavy atom. The van der Waals surface area contributed by atoms with Crippen LogP contribution in [0.3, 0.4) is 0 Å². The normalized spacial score (nSPS) is 12.4. The minimum atomic E-state index is -3.63. The van der Waals surface area contributed by atoms with Crippen molar-refractivity contribution in [2.24, 2.45) is 5.10 Å². The van der Waals surface area contributed by atoms with Crippen molar-refractivity contribution in [1.29, 1.82) is 0 Å². The van der Waals surface area contributed by atoms with Gasteiger partial charge in [0.25, 0.3) is 10.0 Å². The van der Waals surface area contributed by atoms with Crippen LogP contribution in [0, 0.1) is 13.8 Å². The Kier molecular flexibility index (Phi) is 4.25. The van der Waals surface area contributed by atoms with Gasteiger partial charge in [0.2, 0.25) is 0 Å². The lowest BCUT2D eigenvalue weighted by molar-refractivity contribution is 0.583. The quantitative estimate of drug-likeness (QED) is 0.697. The van der Waals surface area contributed by atoms with Crippen molar-refractivity contribution in [3.05, 3.63) is 51.7 Å². The summed E-state index contributed by atoms with van der Waals surface area (Å²) in [5.74, 6) is 0. The van der Waals surface area contributed by atoms with Gasteiger partial charge in [0, 0.05) is 0 Å². The van der Waals surface area contributed by atoms with Gasteiger partial charge in [0.15, 0.2) is 0 Å². The smallest absolute Gasteiger partial charge is 0.200 e. The third-order valence-corrected chi connectivity index (χ3v) is 5.17. The minimum absolute atomic E-state index is 0.264. The summed E-state index contributed by atoms with van der Waals surface area (Å²) in [6.07, 6.45) is 0. The lowest BCUT2D eigenvalue weighted by Crippen LogP contribution is -2.20. The standard InChI is InChI=1S/C14H16N2O2S2/c1-10-6-7-11(2)14(9-10)20(17,18)16-15-12(3)13-5-4-8-19-13/h4-9,16H,1-3H3. The van der Waals surface area contributed by atoms with Gasteiger partial charge in [0.1, 0.15) is 0 Å². The van der Waals surface area contributed by atoms with Crippen LogP contribution in [-0.2, 0) is 10.0 Å². The van der Waals surface area contributed by atoms with Crippen molar-refractivity contribution in [2.45, 2.75) is 25.7 Å². The Morgan fingerprint density at radius 1 is 1.25 bits per heavy atom. The molecule has 1 N–H and O–H groups in total. The highest BCUT2D eigenvalue weighted by atomic mass is 32.2. The van der Waals surface area contributed by atoms with Crippen molar-refractivity contribution < 1.29 is 8.42 Å². The first kappa shape index (κ1) is 14.7. The Hall–Kier alpha value is -1.66. The summed E-state index contributed by atoms with van der Waals surface area (Å²) >= 11 is 1.52. The number of benzene rings is 1. The molecule has 1 aromatic heterocycles. The number of hydrogen-bond acceptors (Lipinski definition) is 4. The molecule has 0 atom stereocenters. The summed E-state index contributed by atoms with van der Waals surface area (Å²) in [6, 6.07) is 9.12. The monoisotopic (exact) mass is 308 g/mol. The fourth-order valence-electron chi connectivity index (χ4n) is 1.71. The topological polar surface area (TPSA) is 58.5 Å². The molecule has 1 aromatic carbocycles. The zero-order valence-corrected chi connectivity index (χ0v) is 13.2. The van der Waals surface area contributed by atoms with Crippen LogP contribution >= 0.6 is 11.3 Å². The molecule has 0 saturated carbocycles. The fourth-order valence-corrected chi connectivity index (χ4v) is 3.58. The van der Waals surface area contributed by atoms with Gasteiger partial charge in [-0.25, -0.2) is 0 Å². The average molecular weight is 308 g/mol. The van der Waals surface area contributed by atoms with Crippen LogP contribution in [0.5, 0.6) is 0 Å². The van der Waals surface area contributed by atoms with Crippen molar-refractivity contribution in [3.63, 3.8) is 0 Å². The Labute approximate surface area is 123 Å². The fraction of sp³-hybridized carbons (Fsp3) is 0.214. The molecule has 0 aliphatic heterocycles. The van der Waals surface area contributed by atoms with Crippen LogP contribution < -0.4 is 4.83 Å². The second-order valence-corrected chi connectivity index (χ2v) is 7.12. The average Bonchev–Trinajstić information content (AvgIpc) is 2.93. The molecule has 2 rings (SSSR count). The van der Waals surface area contributed by atoms with Gasteiger partial charge < -0.3 is 0 Å². The predicted molar refractivity (Wildman–Crippen MR) is 82.8 cm³/mol. The molecule has 0 spiro atoms. The van der Waals surface area contributed by atoms with Crippen LogP contribution in [0.2, 0.25) is 0 Å². The van der Waals surface area contributed by atoms with E-state index in [1.165, 1.54) is 11.3 Å². The Balaban J connectivity index is 2.28. The van der Waals surface area contributed by atoms with Crippen LogP contribution in [0.4, 0.5) is 0 Å². The third kappa shape index (κ3) is 3.26. The number of aryl methyl sites for hydroxylation is 2. The molecule has 0 fully saturated rings. The number of sulfonamides is 1. The highest BCUT2D eigenvalue weighted by Gasteiger charge is 2.16. The van der Waals surface area contributed by atoms with E-state index in [1.54, 1.807) is 26.0 Å². The first-order chi connectivity index (χ1) is 9.40. The Bertz CT molecular complexity index is 733. The van der Waals surface area contributed by atoms with E-state index in [1.807, 2.05) is 30.5 Å². The number of hydrogen-bond donors (Lipinski definition) is 1. The molecular formula is C14H16N2O2S2. The van der Waals surface area contributed by atoms with Gasteiger partial charge in [-0.15, -0.1) is 11.3 Å². The van der Waals surface area contributed by atoms with E-state index in [-0.39, 0.29) is 4.90 Å². The maximum Gasteiger partial charge on any atom is 0.276 e. The summed E-state index contributed by atoms with van der Waals surface area (Å²) in [5, 5.41) is 5.90. The molecule has 0 unspecified atom stereocenters. The molecule has 4 nitrogen and oxygen atoms in total. The first-order valence-electron chi connectivity index (χ1n) is 6.07. The van der Waals surface area contributed by atoms with E-state index in [9.17, 15) is 8.42 Å². The van der Waals surface area contributed by atoms with Gasteiger partial charge in [0.05, 0.1) is 15.5 Å². The van der Waals surface area contributed by atoms with Crippen molar-refractivity contribution in [1.82, 2.24) is 4.83 Å². The van der Waals surface area contributed by atoms with Gasteiger partial charge in [-0.3, -0.25) is 0 Å². The SMILES string of the molecule is CC(=NNS(=O)(=O)c1cc(C)ccc1C)c1cccs1. The molecular weight excluding hydrogens is 292 g/mol. The van der Waals surface area contributed by atoms with Crippen LogP contribution in [0.25, 0.3) is 0 Å². The zero-order valence-electron chi connectivity index (χ0n) is 11.5. The molecule has 0 bridgehead atoms. The predicted octanol–water partition coefficient (Wildman–Crippen LogP) is 3.07. The molecule has 20 heavy (non-hydrogen) atoms. The maximum atomic E-state index is 12.3. The van der Waals surface area contributed by atoms with Crippen LogP contribution in [0.15, 0.2) is 45.7 Å². The summed E-state index contributed by atoms with van der Waals surface area (Å²) < 4.78 is 24.5. The van der Waals surface area contributed by atoms with E-state index >= 15 is 0 Å². The number of hydrazone groups is 1. The van der Waals surface area contributed by atoms with Crippen molar-refractivity contribution in [3.8, 4) is 0 Å². The maximum absolute atomic E-state index is 12.3. The molecule has 1 heterocycles. The lowest BCUT2D eigenvalue weighted by atomic mass is 10.2. The second kappa shape index (κ2) is 5.76. The molecule has 0 aliphatic rings. The largest absolute Gasteiger partial charge is 0.276 e. The highest BCUT2D eigenvalue weighted by molar-refractivity contribution is 7.89. The molecule has 106 valence electrons. The van der Waals surface area contributed by atoms with E-state index in [2.05, 4.69) is 9.93 Å². The third-order valence-electron chi connectivity index (χ3n) is 2.84. The molecule has 2 aromatic rings. The van der Waals surface area contributed by atoms with Gasteiger partial charge in [-0.2, -0.15) is 18.4 Å². The molecule has 0 saturated heterocycles. The van der Waals surface area contributed by atoms with E-state index in [0.29, 0.717) is 11.3 Å². The molecule has 6 heteroatoms. The number of thiophene rings is 1. The zero-order chi connectivity index (χ0) is 14.8. The number of rotatable bonds is 4. The summed E-state index contributed by atoms with van der Waals surface area (Å²) in [4.78, 5) is 3.50. The van der Waals surface area contributed by atoms with Gasteiger partial charge in [-0.05, 0) is 49.4 Å². The van der Waals surface area contributed by atoms with E-state index < -0.39 is 10.0 Å². The summed E-state index contributed by atoms with van der Waals surface area (Å²) in [6.45, 7) is 5.40. The van der Waals surface area contributed by atoms with Crippen molar-refractivity contribution in [2.75, 3.05) is 0 Å². The summed E-state index contributed by atoms with van der Waals surface area (Å²) in [5.41, 5.74) is 2.25. The van der Waals surface area contributed by atoms with Crippen LogP contribution in [-0.4, -0.2) is 14.1 Å². The van der Waals surface area contributed by atoms with E-state index in [4.69, 9.17) is 0 Å². The minimum Gasteiger partial charge on any atom is -0.200 e. The summed E-state index contributed by atoms with van der Waals surface area (Å²) in [7, 11) is -3.63. The molecule has 0 amide bonds. The molecule has 0 aliphatic carbocycles. The van der Waals surface area contributed by atoms with E-state index in [0.717, 1.165) is 10.4 Å². The number of nitrogens with one attached hydrogen (secondary N) is 1. The second-order valence-electron chi connectivity index (χ2n) is 4.54. The first-order valence-corrected chi connectivity index (χ1v) is 8.43. The number of nitrogens with zero attached hydrogens (tertiary/aromatic N) is 1. The lowest BCUT2D eigenvalue weighted by Gasteiger charge is -2.08. The molecule has 0 radical (unpaired) electrons. The van der Waals surface area contributed by atoms with Crippen molar-refractivity contribution >= 4 is 27.1 Å². The van der Waals surface area contributed by atoms with Gasteiger partial charge in [-0.1, -0.05) is 18.2 Å². The van der Waals surface area contributed by atoms with Crippen LogP contribution in [0.1, 0.15) is 22.9 Å². The Morgan fingerprint density at radius 2 is 2.00 bits per heavy atom. The van der Waals surface area contributed by atoms with Gasteiger partial charge >= 0.3 is 0 Å².